The highest BCUT2D eigenvalue weighted by molar-refractivity contribution is 5.95. The van der Waals surface area contributed by atoms with E-state index in [1.54, 1.807) is 6.20 Å². The summed E-state index contributed by atoms with van der Waals surface area (Å²) in [5.41, 5.74) is 6.27. The van der Waals surface area contributed by atoms with Gasteiger partial charge in [0.05, 0.1) is 23.1 Å². The molecular formula is C23H26N4O. The van der Waals surface area contributed by atoms with Crippen LogP contribution < -0.4 is 4.90 Å². The second-order valence-corrected chi connectivity index (χ2v) is 7.46. The minimum absolute atomic E-state index is 0.0702. The molecule has 0 N–H and O–H groups in total. The van der Waals surface area contributed by atoms with Gasteiger partial charge in [0.1, 0.15) is 0 Å². The molecule has 1 aliphatic rings. The smallest absolute Gasteiger partial charge is 0.257 e. The Morgan fingerprint density at radius 1 is 0.929 bits per heavy atom. The van der Waals surface area contributed by atoms with E-state index in [9.17, 15) is 4.79 Å². The van der Waals surface area contributed by atoms with Gasteiger partial charge in [-0.1, -0.05) is 30.3 Å². The summed E-state index contributed by atoms with van der Waals surface area (Å²) in [6.45, 7) is 9.30. The molecule has 1 aliphatic heterocycles. The van der Waals surface area contributed by atoms with E-state index >= 15 is 0 Å². The summed E-state index contributed by atoms with van der Waals surface area (Å²) in [6.07, 6.45) is 1.70. The van der Waals surface area contributed by atoms with Crippen molar-refractivity contribution in [3.05, 3.63) is 77.1 Å². The molecule has 0 atom stereocenters. The van der Waals surface area contributed by atoms with Crippen LogP contribution in [-0.4, -0.2) is 46.8 Å². The van der Waals surface area contributed by atoms with E-state index in [-0.39, 0.29) is 5.91 Å². The zero-order valence-electron chi connectivity index (χ0n) is 16.7. The molecule has 2 heterocycles. The lowest BCUT2D eigenvalue weighted by Crippen LogP contribution is -2.49. The van der Waals surface area contributed by atoms with Gasteiger partial charge in [-0.25, -0.2) is 4.68 Å². The number of carbonyl (C=O) groups is 1. The monoisotopic (exact) mass is 374 g/mol. The Balaban J connectivity index is 1.48. The maximum absolute atomic E-state index is 13.1. The molecule has 3 aromatic rings. The molecule has 4 rings (SSSR count). The summed E-state index contributed by atoms with van der Waals surface area (Å²) in [5.74, 6) is 0.0702. The van der Waals surface area contributed by atoms with Crippen LogP contribution in [0.25, 0.3) is 5.69 Å². The van der Waals surface area contributed by atoms with Crippen molar-refractivity contribution in [1.29, 1.82) is 0 Å². The number of piperazine rings is 1. The number of aryl methyl sites for hydroxylation is 2. The molecule has 5 heteroatoms. The summed E-state index contributed by atoms with van der Waals surface area (Å²) in [7, 11) is 0. The number of hydrogen-bond donors (Lipinski definition) is 0. The summed E-state index contributed by atoms with van der Waals surface area (Å²) in [6, 6.07) is 16.6. The average Bonchev–Trinajstić information content (AvgIpc) is 3.09. The molecule has 0 spiro atoms. The summed E-state index contributed by atoms with van der Waals surface area (Å²) in [4.78, 5) is 17.4. The lowest BCUT2D eigenvalue weighted by atomic mass is 10.1. The topological polar surface area (TPSA) is 41.4 Å². The summed E-state index contributed by atoms with van der Waals surface area (Å²) >= 11 is 0. The van der Waals surface area contributed by atoms with E-state index in [1.165, 1.54) is 16.8 Å². The molecule has 144 valence electrons. The fourth-order valence-corrected chi connectivity index (χ4v) is 3.88. The normalized spacial score (nSPS) is 14.4. The molecule has 0 radical (unpaired) electrons. The van der Waals surface area contributed by atoms with E-state index in [1.807, 2.05) is 28.6 Å². The first-order valence-electron chi connectivity index (χ1n) is 9.76. The molecule has 28 heavy (non-hydrogen) atoms. The van der Waals surface area contributed by atoms with E-state index in [0.717, 1.165) is 37.6 Å². The Bertz CT molecular complexity index is 999. The van der Waals surface area contributed by atoms with Gasteiger partial charge >= 0.3 is 0 Å². The Hall–Kier alpha value is -3.08. The number of para-hydroxylation sites is 1. The van der Waals surface area contributed by atoms with Gasteiger partial charge in [-0.3, -0.25) is 4.79 Å². The van der Waals surface area contributed by atoms with Gasteiger partial charge in [-0.2, -0.15) is 5.10 Å². The van der Waals surface area contributed by atoms with Crippen molar-refractivity contribution in [2.75, 3.05) is 31.1 Å². The van der Waals surface area contributed by atoms with Crippen LogP contribution >= 0.6 is 0 Å². The molecule has 1 aromatic heterocycles. The third-order valence-electron chi connectivity index (χ3n) is 5.51. The van der Waals surface area contributed by atoms with Crippen molar-refractivity contribution < 1.29 is 4.79 Å². The molecule has 2 aromatic carbocycles. The van der Waals surface area contributed by atoms with E-state index in [4.69, 9.17) is 0 Å². The second kappa shape index (κ2) is 7.50. The maximum atomic E-state index is 13.1. The van der Waals surface area contributed by atoms with Crippen molar-refractivity contribution in [2.45, 2.75) is 20.8 Å². The zero-order chi connectivity index (χ0) is 19.7. The van der Waals surface area contributed by atoms with Gasteiger partial charge in [0.15, 0.2) is 0 Å². The molecule has 1 fully saturated rings. The quantitative estimate of drug-likeness (QED) is 0.701. The van der Waals surface area contributed by atoms with Crippen LogP contribution in [0, 0.1) is 20.8 Å². The third kappa shape index (κ3) is 3.40. The predicted octanol–water partition coefficient (Wildman–Crippen LogP) is 3.76. The van der Waals surface area contributed by atoms with Gasteiger partial charge in [0.25, 0.3) is 5.91 Å². The fraction of sp³-hybridized carbons (Fsp3) is 0.304. The van der Waals surface area contributed by atoms with Crippen LogP contribution in [0.5, 0.6) is 0 Å². The van der Waals surface area contributed by atoms with E-state index in [2.05, 4.69) is 60.2 Å². The van der Waals surface area contributed by atoms with Crippen molar-refractivity contribution in [3.63, 3.8) is 0 Å². The van der Waals surface area contributed by atoms with Crippen LogP contribution in [0.2, 0.25) is 0 Å². The average molecular weight is 374 g/mol. The number of rotatable bonds is 3. The Labute approximate surface area is 166 Å². The van der Waals surface area contributed by atoms with Gasteiger partial charge in [0.2, 0.25) is 0 Å². The van der Waals surface area contributed by atoms with Crippen LogP contribution in [0.1, 0.15) is 27.2 Å². The maximum Gasteiger partial charge on any atom is 0.257 e. The molecular weight excluding hydrogens is 348 g/mol. The highest BCUT2D eigenvalue weighted by atomic mass is 16.2. The Kier molecular flexibility index (Phi) is 4.90. The zero-order valence-corrected chi connectivity index (χ0v) is 16.7. The summed E-state index contributed by atoms with van der Waals surface area (Å²) in [5, 5.41) is 4.48. The van der Waals surface area contributed by atoms with Gasteiger partial charge in [0, 0.05) is 31.9 Å². The Morgan fingerprint density at radius 3 is 2.39 bits per heavy atom. The number of amides is 1. The number of carbonyl (C=O) groups excluding carboxylic acids is 1. The Morgan fingerprint density at radius 2 is 1.68 bits per heavy atom. The van der Waals surface area contributed by atoms with Crippen molar-refractivity contribution in [1.82, 2.24) is 14.7 Å². The van der Waals surface area contributed by atoms with E-state index < -0.39 is 0 Å². The molecule has 5 nitrogen and oxygen atoms in total. The van der Waals surface area contributed by atoms with Crippen LogP contribution in [0.4, 0.5) is 5.69 Å². The van der Waals surface area contributed by atoms with Crippen LogP contribution in [0.3, 0.4) is 0 Å². The first kappa shape index (κ1) is 18.3. The molecule has 1 amide bonds. The van der Waals surface area contributed by atoms with Crippen molar-refractivity contribution in [3.8, 4) is 5.69 Å². The predicted molar refractivity (Wildman–Crippen MR) is 112 cm³/mol. The number of benzene rings is 2. The van der Waals surface area contributed by atoms with Crippen molar-refractivity contribution in [2.24, 2.45) is 0 Å². The lowest BCUT2D eigenvalue weighted by Gasteiger charge is -2.36. The van der Waals surface area contributed by atoms with Crippen LogP contribution in [-0.2, 0) is 0 Å². The number of nitrogens with zero attached hydrogens (tertiary/aromatic N) is 4. The van der Waals surface area contributed by atoms with Gasteiger partial charge in [-0.05, 0) is 50.1 Å². The third-order valence-corrected chi connectivity index (χ3v) is 5.51. The highest BCUT2D eigenvalue weighted by Crippen LogP contribution is 2.22. The lowest BCUT2D eigenvalue weighted by molar-refractivity contribution is 0.0746. The van der Waals surface area contributed by atoms with Crippen molar-refractivity contribution >= 4 is 11.6 Å². The SMILES string of the molecule is Cc1cccc(-n2ncc(C(=O)N3CCN(c4ccccc4C)CC3)c2C)c1. The van der Waals surface area contributed by atoms with E-state index in [0.29, 0.717) is 5.56 Å². The number of aromatic nitrogens is 2. The molecule has 1 saturated heterocycles. The number of anilines is 1. The van der Waals surface area contributed by atoms with Gasteiger partial charge in [-0.15, -0.1) is 0 Å². The fourth-order valence-electron chi connectivity index (χ4n) is 3.88. The summed E-state index contributed by atoms with van der Waals surface area (Å²) < 4.78 is 1.85. The first-order chi connectivity index (χ1) is 13.5. The molecule has 0 bridgehead atoms. The molecule has 0 unspecified atom stereocenters. The van der Waals surface area contributed by atoms with Crippen LogP contribution in [0.15, 0.2) is 54.7 Å². The van der Waals surface area contributed by atoms with Gasteiger partial charge < -0.3 is 9.80 Å². The standard InChI is InChI=1S/C23H26N4O/c1-17-7-6-9-20(15-17)27-19(3)21(16-24-27)23(28)26-13-11-25(12-14-26)22-10-5-4-8-18(22)2/h4-10,15-16H,11-14H2,1-3H3. The largest absolute Gasteiger partial charge is 0.368 e. The molecule has 0 saturated carbocycles. The minimum atomic E-state index is 0.0702. The first-order valence-corrected chi connectivity index (χ1v) is 9.76. The minimum Gasteiger partial charge on any atom is -0.368 e. The number of hydrogen-bond acceptors (Lipinski definition) is 3. The highest BCUT2D eigenvalue weighted by Gasteiger charge is 2.25. The molecule has 0 aliphatic carbocycles. The second-order valence-electron chi connectivity index (χ2n) is 7.46.